The maximum Gasteiger partial charge on any atom is 0.239 e. The standard InChI is InChI=1S/C17H26ClN5O2/c1-19-17(21-11-16(24)20-7-9-25-2)22-14-6-8-23(12-14)15-5-3-4-13(18)10-15/h3-5,10,14H,6-9,11-12H2,1-2H3,(H,20,24)(H2,19,21,22). The van der Waals surface area contributed by atoms with Crippen molar-refractivity contribution in [3.8, 4) is 0 Å². The predicted molar refractivity (Wildman–Crippen MR) is 101 cm³/mol. The molecule has 1 aliphatic rings. The molecule has 8 heteroatoms. The number of benzene rings is 1. The highest BCUT2D eigenvalue weighted by atomic mass is 35.5. The number of aliphatic imine (C=N–C) groups is 1. The van der Waals surface area contributed by atoms with Crippen LogP contribution in [0.1, 0.15) is 6.42 Å². The van der Waals surface area contributed by atoms with Gasteiger partial charge in [-0.25, -0.2) is 0 Å². The van der Waals surface area contributed by atoms with Crippen LogP contribution in [0.2, 0.25) is 5.02 Å². The largest absolute Gasteiger partial charge is 0.383 e. The van der Waals surface area contributed by atoms with Gasteiger partial charge >= 0.3 is 0 Å². The van der Waals surface area contributed by atoms with Crippen LogP contribution in [0.4, 0.5) is 5.69 Å². The molecular weight excluding hydrogens is 342 g/mol. The molecule has 0 bridgehead atoms. The Balaban J connectivity index is 1.76. The topological polar surface area (TPSA) is 78.0 Å². The fraction of sp³-hybridized carbons (Fsp3) is 0.529. The molecule has 1 heterocycles. The van der Waals surface area contributed by atoms with Gasteiger partial charge in [0, 0.05) is 50.5 Å². The van der Waals surface area contributed by atoms with E-state index in [9.17, 15) is 4.79 Å². The number of carbonyl (C=O) groups excluding carboxylic acids is 1. The van der Waals surface area contributed by atoms with Crippen molar-refractivity contribution in [2.75, 3.05) is 51.8 Å². The average molecular weight is 368 g/mol. The van der Waals surface area contributed by atoms with Gasteiger partial charge in [0.2, 0.25) is 5.91 Å². The van der Waals surface area contributed by atoms with Crippen LogP contribution in [-0.2, 0) is 9.53 Å². The minimum atomic E-state index is -0.0908. The Morgan fingerprint density at radius 3 is 3.00 bits per heavy atom. The van der Waals surface area contributed by atoms with Crippen LogP contribution in [0.25, 0.3) is 0 Å². The first-order valence-corrected chi connectivity index (χ1v) is 8.73. The minimum absolute atomic E-state index is 0.0908. The molecule has 0 saturated carbocycles. The van der Waals surface area contributed by atoms with Crippen molar-refractivity contribution in [1.29, 1.82) is 0 Å². The summed E-state index contributed by atoms with van der Waals surface area (Å²) in [6.45, 7) is 2.99. The second kappa shape index (κ2) is 10.1. The van der Waals surface area contributed by atoms with Crippen LogP contribution in [0, 0.1) is 0 Å². The highest BCUT2D eigenvalue weighted by molar-refractivity contribution is 6.30. The molecule has 1 aliphatic heterocycles. The molecule has 1 atom stereocenters. The molecule has 3 N–H and O–H groups in total. The minimum Gasteiger partial charge on any atom is -0.383 e. The molecule has 7 nitrogen and oxygen atoms in total. The number of hydrogen-bond donors (Lipinski definition) is 3. The Morgan fingerprint density at radius 2 is 2.28 bits per heavy atom. The maximum atomic E-state index is 11.7. The summed E-state index contributed by atoms with van der Waals surface area (Å²) in [4.78, 5) is 18.2. The van der Waals surface area contributed by atoms with E-state index < -0.39 is 0 Å². The van der Waals surface area contributed by atoms with E-state index in [0.29, 0.717) is 19.1 Å². The lowest BCUT2D eigenvalue weighted by atomic mass is 10.3. The normalized spacial score (nSPS) is 17.5. The predicted octanol–water partition coefficient (Wildman–Crippen LogP) is 0.846. The molecule has 1 aromatic carbocycles. The van der Waals surface area contributed by atoms with Gasteiger partial charge in [-0.15, -0.1) is 0 Å². The molecule has 1 aromatic rings. The van der Waals surface area contributed by atoms with Gasteiger partial charge in [-0.3, -0.25) is 9.79 Å². The third-order valence-electron chi connectivity index (χ3n) is 3.97. The van der Waals surface area contributed by atoms with E-state index in [-0.39, 0.29) is 18.5 Å². The molecule has 1 fully saturated rings. The van der Waals surface area contributed by atoms with E-state index in [2.05, 4.69) is 31.9 Å². The number of halogens is 1. The van der Waals surface area contributed by atoms with Crippen molar-refractivity contribution in [1.82, 2.24) is 16.0 Å². The number of carbonyl (C=O) groups is 1. The molecular formula is C17H26ClN5O2. The molecule has 2 rings (SSSR count). The summed E-state index contributed by atoms with van der Waals surface area (Å²) < 4.78 is 4.90. The molecule has 138 valence electrons. The number of nitrogens with one attached hydrogen (secondary N) is 3. The van der Waals surface area contributed by atoms with Crippen molar-refractivity contribution >= 4 is 29.2 Å². The highest BCUT2D eigenvalue weighted by Gasteiger charge is 2.23. The second-order valence-electron chi connectivity index (χ2n) is 5.82. The summed E-state index contributed by atoms with van der Waals surface area (Å²) in [7, 11) is 3.30. The van der Waals surface area contributed by atoms with Crippen LogP contribution >= 0.6 is 11.6 Å². The lowest BCUT2D eigenvalue weighted by Crippen LogP contribution is -2.47. The third kappa shape index (κ3) is 6.43. The summed E-state index contributed by atoms with van der Waals surface area (Å²) in [5, 5.41) is 9.90. The van der Waals surface area contributed by atoms with Crippen molar-refractivity contribution in [2.24, 2.45) is 4.99 Å². The molecule has 0 aliphatic carbocycles. The number of ether oxygens (including phenoxy) is 1. The number of nitrogens with zero attached hydrogens (tertiary/aromatic N) is 2. The number of rotatable bonds is 7. The van der Waals surface area contributed by atoms with Crippen LogP contribution in [0.15, 0.2) is 29.3 Å². The van der Waals surface area contributed by atoms with E-state index in [1.807, 2.05) is 18.2 Å². The summed E-state index contributed by atoms with van der Waals surface area (Å²) in [6.07, 6.45) is 0.993. The van der Waals surface area contributed by atoms with Gasteiger partial charge in [-0.2, -0.15) is 0 Å². The monoisotopic (exact) mass is 367 g/mol. The van der Waals surface area contributed by atoms with Gasteiger partial charge in [0.1, 0.15) is 0 Å². The first-order valence-electron chi connectivity index (χ1n) is 8.35. The smallest absolute Gasteiger partial charge is 0.239 e. The van der Waals surface area contributed by atoms with Crippen molar-refractivity contribution < 1.29 is 9.53 Å². The Labute approximate surface area is 153 Å². The van der Waals surface area contributed by atoms with Gasteiger partial charge < -0.3 is 25.6 Å². The summed E-state index contributed by atoms with van der Waals surface area (Å²) in [6, 6.07) is 8.13. The summed E-state index contributed by atoms with van der Waals surface area (Å²) in [5.74, 6) is 0.534. The number of methoxy groups -OCH3 is 1. The third-order valence-corrected chi connectivity index (χ3v) is 4.21. The van der Waals surface area contributed by atoms with E-state index in [0.717, 1.165) is 30.2 Å². The van der Waals surface area contributed by atoms with Gasteiger partial charge in [0.05, 0.1) is 13.2 Å². The Bertz CT molecular complexity index is 596. The first kappa shape index (κ1) is 19.3. The van der Waals surface area contributed by atoms with E-state index in [4.69, 9.17) is 16.3 Å². The summed E-state index contributed by atoms with van der Waals surface area (Å²) >= 11 is 6.07. The Kier molecular flexibility index (Phi) is 7.81. The molecule has 1 unspecified atom stereocenters. The summed E-state index contributed by atoms with van der Waals surface area (Å²) in [5.41, 5.74) is 1.12. The second-order valence-corrected chi connectivity index (χ2v) is 6.26. The van der Waals surface area contributed by atoms with Gasteiger partial charge in [-0.05, 0) is 24.6 Å². The van der Waals surface area contributed by atoms with Crippen LogP contribution in [0.3, 0.4) is 0 Å². The average Bonchev–Trinajstić information content (AvgIpc) is 3.07. The van der Waals surface area contributed by atoms with Crippen molar-refractivity contribution in [3.63, 3.8) is 0 Å². The van der Waals surface area contributed by atoms with Crippen molar-refractivity contribution in [3.05, 3.63) is 29.3 Å². The maximum absolute atomic E-state index is 11.7. The zero-order valence-corrected chi connectivity index (χ0v) is 15.5. The highest BCUT2D eigenvalue weighted by Crippen LogP contribution is 2.23. The molecule has 1 saturated heterocycles. The molecule has 0 spiro atoms. The van der Waals surface area contributed by atoms with Gasteiger partial charge in [0.25, 0.3) is 0 Å². The number of amides is 1. The fourth-order valence-corrected chi connectivity index (χ4v) is 2.88. The lowest BCUT2D eigenvalue weighted by molar-refractivity contribution is -0.120. The quantitative estimate of drug-likeness (QED) is 0.378. The molecule has 1 amide bonds. The number of guanidine groups is 1. The molecule has 0 aromatic heterocycles. The number of hydrogen-bond acceptors (Lipinski definition) is 4. The van der Waals surface area contributed by atoms with E-state index >= 15 is 0 Å². The SMILES string of the molecule is CN=C(NCC(=O)NCCOC)NC1CCN(c2cccc(Cl)c2)C1. The van der Waals surface area contributed by atoms with Gasteiger partial charge in [0.15, 0.2) is 5.96 Å². The van der Waals surface area contributed by atoms with E-state index in [1.165, 1.54) is 0 Å². The van der Waals surface area contributed by atoms with Crippen LogP contribution in [-0.4, -0.2) is 64.9 Å². The van der Waals surface area contributed by atoms with Crippen molar-refractivity contribution in [2.45, 2.75) is 12.5 Å². The zero-order valence-electron chi connectivity index (χ0n) is 14.7. The number of anilines is 1. The lowest BCUT2D eigenvalue weighted by Gasteiger charge is -2.20. The van der Waals surface area contributed by atoms with Gasteiger partial charge in [-0.1, -0.05) is 17.7 Å². The fourth-order valence-electron chi connectivity index (χ4n) is 2.69. The molecule has 25 heavy (non-hydrogen) atoms. The van der Waals surface area contributed by atoms with Crippen LogP contribution in [0.5, 0.6) is 0 Å². The Morgan fingerprint density at radius 1 is 1.44 bits per heavy atom. The zero-order chi connectivity index (χ0) is 18.1. The van der Waals surface area contributed by atoms with Crippen LogP contribution < -0.4 is 20.9 Å². The Hall–Kier alpha value is -1.99. The van der Waals surface area contributed by atoms with E-state index in [1.54, 1.807) is 14.2 Å². The molecule has 0 radical (unpaired) electrons. The first-order chi connectivity index (χ1) is 12.1.